The van der Waals surface area contributed by atoms with Crippen molar-refractivity contribution in [2.24, 2.45) is 0 Å². The Morgan fingerprint density at radius 1 is 1.15 bits per heavy atom. The lowest BCUT2D eigenvalue weighted by atomic mass is 10.1. The van der Waals surface area contributed by atoms with Gasteiger partial charge in [0.1, 0.15) is 31.1 Å². The van der Waals surface area contributed by atoms with Gasteiger partial charge < -0.3 is 19.1 Å². The molecule has 0 aliphatic carbocycles. The van der Waals surface area contributed by atoms with Crippen molar-refractivity contribution in [1.82, 2.24) is 14.5 Å². The molecule has 9 nitrogen and oxygen atoms in total. The lowest BCUT2D eigenvalue weighted by Crippen LogP contribution is -2.37. The first kappa shape index (κ1) is 32.4. The van der Waals surface area contributed by atoms with Crippen LogP contribution in [0.2, 0.25) is 0 Å². The predicted molar refractivity (Wildman–Crippen MR) is 139 cm³/mol. The molecule has 1 amide bonds. The van der Waals surface area contributed by atoms with Gasteiger partial charge in [-0.15, -0.1) is 6.42 Å². The molecule has 0 spiro atoms. The van der Waals surface area contributed by atoms with Gasteiger partial charge in [-0.25, -0.2) is 9.59 Å². The SMILES string of the molecule is C#CCO[C@H]1C[C@H](n2cc(C(F)(F)F)c(=O)[nH]c2=O)O[C@@H]1COC(=O)N(C)CCCCCCCCCCCC. The van der Waals surface area contributed by atoms with Gasteiger partial charge in [0.05, 0.1) is 6.10 Å². The molecule has 0 saturated carbocycles. The summed E-state index contributed by atoms with van der Waals surface area (Å²) < 4.78 is 56.8. The summed E-state index contributed by atoms with van der Waals surface area (Å²) >= 11 is 0. The largest absolute Gasteiger partial charge is 0.447 e. The first-order valence-electron chi connectivity index (χ1n) is 13.6. The van der Waals surface area contributed by atoms with Crippen molar-refractivity contribution < 1.29 is 32.2 Å². The van der Waals surface area contributed by atoms with Gasteiger partial charge >= 0.3 is 18.0 Å². The average molecular weight is 560 g/mol. The second-order valence-corrected chi connectivity index (χ2v) is 9.81. The number of nitrogens with zero attached hydrogens (tertiary/aromatic N) is 2. The van der Waals surface area contributed by atoms with E-state index in [0.717, 1.165) is 19.3 Å². The minimum atomic E-state index is -4.96. The summed E-state index contributed by atoms with van der Waals surface area (Å²) in [6.45, 7) is 2.36. The lowest BCUT2D eigenvalue weighted by molar-refractivity contribution is -0.139. The summed E-state index contributed by atoms with van der Waals surface area (Å²) in [6, 6.07) is 0. The molecule has 39 heavy (non-hydrogen) atoms. The summed E-state index contributed by atoms with van der Waals surface area (Å²) in [6.07, 6.45) is 9.05. The summed E-state index contributed by atoms with van der Waals surface area (Å²) in [5, 5.41) is 0. The van der Waals surface area contributed by atoms with E-state index < -0.39 is 47.5 Å². The number of ether oxygens (including phenoxy) is 3. The van der Waals surface area contributed by atoms with Crippen molar-refractivity contribution in [3.63, 3.8) is 0 Å². The molecule has 2 rings (SSSR count). The van der Waals surface area contributed by atoms with Crippen LogP contribution in [0.1, 0.15) is 89.3 Å². The number of hydrogen-bond acceptors (Lipinski definition) is 6. The Morgan fingerprint density at radius 3 is 2.36 bits per heavy atom. The van der Waals surface area contributed by atoms with E-state index in [-0.39, 0.29) is 19.6 Å². The number of terminal acetylenes is 1. The van der Waals surface area contributed by atoms with Crippen LogP contribution in [0.3, 0.4) is 0 Å². The molecule has 0 aromatic carbocycles. The van der Waals surface area contributed by atoms with Gasteiger partial charge in [-0.3, -0.25) is 14.3 Å². The minimum Gasteiger partial charge on any atom is -0.447 e. The first-order chi connectivity index (χ1) is 18.6. The number of carbonyl (C=O) groups excluding carboxylic acids is 1. The Hall–Kier alpha value is -2.78. The topological polar surface area (TPSA) is 103 Å². The van der Waals surface area contributed by atoms with Crippen LogP contribution in [-0.4, -0.2) is 59.6 Å². The zero-order valence-electron chi connectivity index (χ0n) is 22.8. The molecule has 1 aliphatic heterocycles. The Labute approximate surface area is 227 Å². The van der Waals surface area contributed by atoms with Gasteiger partial charge in [-0.05, 0) is 6.42 Å². The number of aromatic amines is 1. The molecule has 220 valence electrons. The van der Waals surface area contributed by atoms with Gasteiger partial charge in [0, 0.05) is 26.2 Å². The van der Waals surface area contributed by atoms with E-state index in [1.165, 1.54) is 49.8 Å². The van der Waals surface area contributed by atoms with Crippen LogP contribution < -0.4 is 11.2 Å². The summed E-state index contributed by atoms with van der Waals surface area (Å²) in [5.41, 5.74) is -4.14. The van der Waals surface area contributed by atoms with Crippen LogP contribution in [0.5, 0.6) is 0 Å². The first-order valence-corrected chi connectivity index (χ1v) is 13.6. The van der Waals surface area contributed by atoms with E-state index in [4.69, 9.17) is 20.6 Å². The number of unbranched alkanes of at least 4 members (excludes halogenated alkanes) is 9. The molecule has 12 heteroatoms. The number of amides is 1. The maximum atomic E-state index is 13.2. The van der Waals surface area contributed by atoms with Gasteiger partial charge in [-0.1, -0.05) is 70.6 Å². The third-order valence-electron chi connectivity index (χ3n) is 6.67. The van der Waals surface area contributed by atoms with E-state index in [2.05, 4.69) is 12.8 Å². The highest BCUT2D eigenvalue weighted by atomic mass is 19.4. The molecule has 1 aliphatic rings. The zero-order chi connectivity index (χ0) is 28.8. The van der Waals surface area contributed by atoms with Crippen LogP contribution in [0, 0.1) is 12.3 Å². The van der Waals surface area contributed by atoms with E-state index in [0.29, 0.717) is 17.3 Å². The van der Waals surface area contributed by atoms with E-state index in [1.807, 2.05) is 0 Å². The molecule has 1 aromatic heterocycles. The highest BCUT2D eigenvalue weighted by Gasteiger charge is 2.40. The Morgan fingerprint density at radius 2 is 1.77 bits per heavy atom. The standard InChI is InChI=1S/C27H40F3N3O6/c1-4-6-7-8-9-10-11-12-13-14-15-32(3)26(36)38-19-22-21(37-16-5-2)17-23(39-22)33-18-20(27(28,29)30)24(34)31-25(33)35/h2,18,21-23H,4,6-17,19H2,1,3H3,(H,31,34,35)/t21-,22+,23+/m0/s1. The molecule has 1 saturated heterocycles. The fraction of sp³-hybridized carbons (Fsp3) is 0.741. The Balaban J connectivity index is 1.84. The van der Waals surface area contributed by atoms with Crippen LogP contribution in [0.25, 0.3) is 0 Å². The molecule has 2 heterocycles. The molecule has 0 bridgehead atoms. The maximum Gasteiger partial charge on any atom is 0.423 e. The van der Waals surface area contributed by atoms with Gasteiger partial charge in [-0.2, -0.15) is 13.2 Å². The van der Waals surface area contributed by atoms with E-state index in [9.17, 15) is 27.6 Å². The van der Waals surface area contributed by atoms with Crippen molar-refractivity contribution in [1.29, 1.82) is 0 Å². The fourth-order valence-electron chi connectivity index (χ4n) is 4.44. The second-order valence-electron chi connectivity index (χ2n) is 9.81. The monoisotopic (exact) mass is 559 g/mol. The summed E-state index contributed by atoms with van der Waals surface area (Å²) in [4.78, 5) is 39.4. The lowest BCUT2D eigenvalue weighted by Gasteiger charge is -2.21. The number of hydrogen-bond donors (Lipinski definition) is 1. The number of rotatable bonds is 16. The normalized spacial score (nSPS) is 19.1. The quantitative estimate of drug-likeness (QED) is 0.230. The van der Waals surface area contributed by atoms with Crippen molar-refractivity contribution in [2.45, 2.75) is 102 Å². The number of aromatic nitrogens is 2. The van der Waals surface area contributed by atoms with Gasteiger partial charge in [0.25, 0.3) is 5.56 Å². The van der Waals surface area contributed by atoms with Crippen LogP contribution in [0.4, 0.5) is 18.0 Å². The van der Waals surface area contributed by atoms with Gasteiger partial charge in [0.15, 0.2) is 0 Å². The Kier molecular flexibility index (Phi) is 13.6. The number of nitrogens with one attached hydrogen (secondary N) is 1. The molecule has 0 radical (unpaired) electrons. The zero-order valence-corrected chi connectivity index (χ0v) is 22.8. The summed E-state index contributed by atoms with van der Waals surface area (Å²) in [7, 11) is 1.62. The summed E-state index contributed by atoms with van der Waals surface area (Å²) in [5.74, 6) is 2.29. The molecule has 0 unspecified atom stereocenters. The number of H-pyrrole nitrogens is 1. The van der Waals surface area contributed by atoms with Crippen molar-refractivity contribution >= 4 is 6.09 Å². The fourth-order valence-corrected chi connectivity index (χ4v) is 4.44. The van der Waals surface area contributed by atoms with Gasteiger partial charge in [0.2, 0.25) is 0 Å². The highest BCUT2D eigenvalue weighted by Crippen LogP contribution is 2.32. The third kappa shape index (κ3) is 10.7. The number of carbonyl (C=O) groups is 1. The van der Waals surface area contributed by atoms with Crippen LogP contribution >= 0.6 is 0 Å². The average Bonchev–Trinajstić information content (AvgIpc) is 3.28. The molecule has 1 N–H and O–H groups in total. The number of alkyl halides is 3. The van der Waals surface area contributed by atoms with Crippen molar-refractivity contribution in [2.75, 3.05) is 26.8 Å². The van der Waals surface area contributed by atoms with Crippen molar-refractivity contribution in [3.05, 3.63) is 32.6 Å². The number of halogens is 3. The maximum absolute atomic E-state index is 13.2. The van der Waals surface area contributed by atoms with Crippen LogP contribution in [0.15, 0.2) is 15.8 Å². The Bertz CT molecular complexity index is 1050. The second kappa shape index (κ2) is 16.4. The highest BCUT2D eigenvalue weighted by molar-refractivity contribution is 5.67. The smallest absolute Gasteiger partial charge is 0.423 e. The third-order valence-corrected chi connectivity index (χ3v) is 6.67. The van der Waals surface area contributed by atoms with Crippen LogP contribution in [-0.2, 0) is 20.4 Å². The molecule has 1 fully saturated rings. The van der Waals surface area contributed by atoms with E-state index in [1.54, 1.807) is 12.0 Å². The minimum absolute atomic E-state index is 0.0401. The molecular weight excluding hydrogens is 519 g/mol. The van der Waals surface area contributed by atoms with Crippen molar-refractivity contribution in [3.8, 4) is 12.3 Å². The van der Waals surface area contributed by atoms with E-state index >= 15 is 0 Å². The predicted octanol–water partition coefficient (Wildman–Crippen LogP) is 4.85. The molecule has 1 aromatic rings. The molecule has 3 atom stereocenters. The molecular formula is C27H40F3N3O6.